The van der Waals surface area contributed by atoms with Gasteiger partial charge in [-0.15, -0.1) is 0 Å². The highest BCUT2D eigenvalue weighted by Crippen LogP contribution is 2.22. The summed E-state index contributed by atoms with van der Waals surface area (Å²) in [6.07, 6.45) is 2.85. The van der Waals surface area contributed by atoms with Crippen molar-refractivity contribution in [2.24, 2.45) is 5.73 Å². The first-order chi connectivity index (χ1) is 8.22. The zero-order chi connectivity index (χ0) is 12.3. The summed E-state index contributed by atoms with van der Waals surface area (Å²) in [5.74, 6) is 1.07. The Kier molecular flexibility index (Phi) is 3.97. The molecule has 0 aliphatic carbocycles. The summed E-state index contributed by atoms with van der Waals surface area (Å²) < 4.78 is 5.35. The molecule has 0 bridgehead atoms. The summed E-state index contributed by atoms with van der Waals surface area (Å²) in [7, 11) is 0. The normalized spacial score (nSPS) is 18.2. The van der Waals surface area contributed by atoms with E-state index in [1.54, 1.807) is 0 Å². The van der Waals surface area contributed by atoms with E-state index in [0.717, 1.165) is 44.1 Å². The highest BCUT2D eigenvalue weighted by atomic mass is 16.5. The predicted molar refractivity (Wildman–Crippen MR) is 69.2 cm³/mol. The number of ether oxygens (including phenoxy) is 1. The average molecular weight is 235 g/mol. The van der Waals surface area contributed by atoms with E-state index in [4.69, 9.17) is 10.5 Å². The third-order valence-corrected chi connectivity index (χ3v) is 3.25. The molecule has 0 amide bonds. The second-order valence-corrected chi connectivity index (χ2v) is 4.52. The van der Waals surface area contributed by atoms with Crippen molar-refractivity contribution >= 4 is 5.82 Å². The molecule has 1 fully saturated rings. The maximum Gasteiger partial charge on any atom is 0.131 e. The number of hydrogen-bond donors (Lipinski definition) is 1. The van der Waals surface area contributed by atoms with E-state index in [-0.39, 0.29) is 6.04 Å². The van der Waals surface area contributed by atoms with Crippen molar-refractivity contribution < 1.29 is 4.74 Å². The Labute approximate surface area is 103 Å². The molecule has 0 aromatic carbocycles. The molecule has 0 unspecified atom stereocenters. The van der Waals surface area contributed by atoms with Gasteiger partial charge in [-0.1, -0.05) is 6.92 Å². The number of rotatable bonds is 3. The lowest BCUT2D eigenvalue weighted by Crippen LogP contribution is -2.37. The van der Waals surface area contributed by atoms with Crippen LogP contribution in [0.3, 0.4) is 0 Å². The van der Waals surface area contributed by atoms with Crippen LogP contribution in [0.25, 0.3) is 0 Å². The van der Waals surface area contributed by atoms with E-state index >= 15 is 0 Å². The molecule has 2 N–H and O–H groups in total. The van der Waals surface area contributed by atoms with Gasteiger partial charge in [-0.2, -0.15) is 0 Å². The molecule has 4 nitrogen and oxygen atoms in total. The first-order valence-electron chi connectivity index (χ1n) is 6.27. The summed E-state index contributed by atoms with van der Waals surface area (Å²) in [5, 5.41) is 0. The molecule has 1 aliphatic rings. The molecule has 94 valence electrons. The molecule has 4 heteroatoms. The molecule has 2 heterocycles. The van der Waals surface area contributed by atoms with Gasteiger partial charge in [-0.3, -0.25) is 0 Å². The van der Waals surface area contributed by atoms with E-state index in [2.05, 4.69) is 29.8 Å². The number of nitrogens with two attached hydrogens (primary N) is 1. The maximum atomic E-state index is 6.02. The van der Waals surface area contributed by atoms with Crippen LogP contribution in [-0.4, -0.2) is 31.3 Å². The topological polar surface area (TPSA) is 51.4 Å². The summed E-state index contributed by atoms with van der Waals surface area (Å²) in [6, 6.07) is 2.26. The van der Waals surface area contributed by atoms with Crippen LogP contribution in [0, 0.1) is 6.92 Å². The fourth-order valence-electron chi connectivity index (χ4n) is 2.13. The van der Waals surface area contributed by atoms with E-state index in [9.17, 15) is 0 Å². The second-order valence-electron chi connectivity index (χ2n) is 4.52. The predicted octanol–water partition coefficient (Wildman–Crippen LogP) is 1.64. The molecule has 2 rings (SSSR count). The number of hydrogen-bond acceptors (Lipinski definition) is 4. The minimum absolute atomic E-state index is 0.0972. The summed E-state index contributed by atoms with van der Waals surface area (Å²) >= 11 is 0. The minimum atomic E-state index is 0.0972. The monoisotopic (exact) mass is 235 g/mol. The molecule has 0 saturated carbocycles. The summed E-state index contributed by atoms with van der Waals surface area (Å²) in [6.45, 7) is 7.62. The van der Waals surface area contributed by atoms with Gasteiger partial charge in [0.25, 0.3) is 0 Å². The lowest BCUT2D eigenvalue weighted by atomic mass is 10.1. The Morgan fingerprint density at radius 1 is 1.47 bits per heavy atom. The van der Waals surface area contributed by atoms with Crippen molar-refractivity contribution in [1.82, 2.24) is 4.98 Å². The molecular weight excluding hydrogens is 214 g/mol. The van der Waals surface area contributed by atoms with Crippen LogP contribution in [0.4, 0.5) is 5.82 Å². The Morgan fingerprint density at radius 3 is 2.76 bits per heavy atom. The van der Waals surface area contributed by atoms with Gasteiger partial charge in [0.05, 0.1) is 13.2 Å². The van der Waals surface area contributed by atoms with Gasteiger partial charge in [0, 0.05) is 25.3 Å². The quantitative estimate of drug-likeness (QED) is 0.865. The molecule has 0 spiro atoms. The van der Waals surface area contributed by atoms with Gasteiger partial charge in [-0.05, 0) is 30.5 Å². The van der Waals surface area contributed by atoms with Crippen molar-refractivity contribution in [3.8, 4) is 0 Å². The Balaban J connectivity index is 2.18. The van der Waals surface area contributed by atoms with Crippen molar-refractivity contribution in [3.05, 3.63) is 23.4 Å². The maximum absolute atomic E-state index is 6.02. The van der Waals surface area contributed by atoms with Crippen LogP contribution < -0.4 is 10.6 Å². The fraction of sp³-hybridized carbons (Fsp3) is 0.615. The Hall–Kier alpha value is -1.13. The molecule has 1 atom stereocenters. The largest absolute Gasteiger partial charge is 0.378 e. The van der Waals surface area contributed by atoms with Crippen molar-refractivity contribution in [1.29, 1.82) is 0 Å². The lowest BCUT2D eigenvalue weighted by molar-refractivity contribution is 0.122. The van der Waals surface area contributed by atoms with Gasteiger partial charge in [-0.25, -0.2) is 4.98 Å². The molecule has 1 saturated heterocycles. The average Bonchev–Trinajstić information content (AvgIpc) is 2.38. The van der Waals surface area contributed by atoms with Crippen molar-refractivity contribution in [3.63, 3.8) is 0 Å². The second kappa shape index (κ2) is 5.47. The van der Waals surface area contributed by atoms with Crippen LogP contribution >= 0.6 is 0 Å². The molecule has 17 heavy (non-hydrogen) atoms. The van der Waals surface area contributed by atoms with Crippen molar-refractivity contribution in [2.45, 2.75) is 26.3 Å². The number of morpholine rings is 1. The summed E-state index contributed by atoms with van der Waals surface area (Å²) in [5.41, 5.74) is 8.35. The number of nitrogens with zero attached hydrogens (tertiary/aromatic N) is 2. The fourth-order valence-corrected chi connectivity index (χ4v) is 2.13. The van der Waals surface area contributed by atoms with Gasteiger partial charge in [0.2, 0.25) is 0 Å². The molecule has 1 aromatic rings. The lowest BCUT2D eigenvalue weighted by Gasteiger charge is -2.29. The van der Waals surface area contributed by atoms with Crippen LogP contribution in [0.15, 0.2) is 12.3 Å². The molecule has 1 aromatic heterocycles. The van der Waals surface area contributed by atoms with Gasteiger partial charge < -0.3 is 15.4 Å². The van der Waals surface area contributed by atoms with E-state index in [1.165, 1.54) is 5.56 Å². The number of anilines is 1. The van der Waals surface area contributed by atoms with E-state index < -0.39 is 0 Å². The molecular formula is C13H21N3O. The number of aryl methyl sites for hydroxylation is 1. The highest BCUT2D eigenvalue weighted by Gasteiger charge is 2.15. The van der Waals surface area contributed by atoms with Gasteiger partial charge in [0.1, 0.15) is 5.82 Å². The molecule has 0 radical (unpaired) electrons. The minimum Gasteiger partial charge on any atom is -0.378 e. The third-order valence-electron chi connectivity index (χ3n) is 3.25. The SMILES string of the molecule is CC[C@@H](N)c1cnc(N2CCOCC2)c(C)c1. The highest BCUT2D eigenvalue weighted by molar-refractivity contribution is 5.48. The Morgan fingerprint density at radius 2 is 2.18 bits per heavy atom. The smallest absolute Gasteiger partial charge is 0.131 e. The standard InChI is InChI=1S/C13H21N3O/c1-3-12(14)11-8-10(2)13(15-9-11)16-4-6-17-7-5-16/h8-9,12H,3-7,14H2,1-2H3/t12-/m1/s1. The molecule has 1 aliphatic heterocycles. The van der Waals surface area contributed by atoms with Crippen molar-refractivity contribution in [2.75, 3.05) is 31.2 Å². The van der Waals surface area contributed by atoms with Gasteiger partial charge in [0.15, 0.2) is 0 Å². The first kappa shape index (κ1) is 12.3. The summed E-state index contributed by atoms with van der Waals surface area (Å²) in [4.78, 5) is 6.84. The Bertz CT molecular complexity index is 375. The van der Waals surface area contributed by atoms with E-state index in [1.807, 2.05) is 6.20 Å². The van der Waals surface area contributed by atoms with Crippen LogP contribution in [0.1, 0.15) is 30.5 Å². The zero-order valence-electron chi connectivity index (χ0n) is 10.6. The number of pyridine rings is 1. The zero-order valence-corrected chi connectivity index (χ0v) is 10.6. The van der Waals surface area contributed by atoms with Crippen LogP contribution in [-0.2, 0) is 4.74 Å². The van der Waals surface area contributed by atoms with Crippen LogP contribution in [0.2, 0.25) is 0 Å². The van der Waals surface area contributed by atoms with Gasteiger partial charge >= 0.3 is 0 Å². The third kappa shape index (κ3) is 2.76. The van der Waals surface area contributed by atoms with E-state index in [0.29, 0.717) is 0 Å². The van der Waals surface area contributed by atoms with Crippen LogP contribution in [0.5, 0.6) is 0 Å². The first-order valence-corrected chi connectivity index (χ1v) is 6.27. The number of aromatic nitrogens is 1.